The number of esters is 2. The van der Waals surface area contributed by atoms with Gasteiger partial charge < -0.3 is 19.0 Å². The second kappa shape index (κ2) is 40.1. The van der Waals surface area contributed by atoms with Gasteiger partial charge in [-0.05, 0) is 70.6 Å². The highest BCUT2D eigenvalue weighted by atomic mass is 16.6. The van der Waals surface area contributed by atoms with Gasteiger partial charge in [0, 0.05) is 19.3 Å². The maximum atomic E-state index is 12.7. The molecule has 0 fully saturated rings. The summed E-state index contributed by atoms with van der Waals surface area (Å²) in [6.07, 6.45) is 40.6. The lowest BCUT2D eigenvalue weighted by molar-refractivity contribution is -0.150. The molecule has 1 unspecified atom stereocenters. The largest absolute Gasteiger partial charge is 0.498 e. The van der Waals surface area contributed by atoms with Crippen LogP contribution in [0.3, 0.4) is 0 Å². The van der Waals surface area contributed by atoms with E-state index < -0.39 is 0 Å². The molecular formula is C45H83NO6. The summed E-state index contributed by atoms with van der Waals surface area (Å²) in [7, 11) is 0. The van der Waals surface area contributed by atoms with Crippen LogP contribution in [0, 0.1) is 5.92 Å². The van der Waals surface area contributed by atoms with Crippen LogP contribution < -0.4 is 5.90 Å². The highest BCUT2D eigenvalue weighted by Gasteiger charge is 2.16. The number of nitrogens with two attached hydrogens (primary N) is 1. The molecule has 0 amide bonds. The van der Waals surface area contributed by atoms with E-state index in [-0.39, 0.29) is 43.8 Å². The predicted molar refractivity (Wildman–Crippen MR) is 219 cm³/mol. The molecule has 0 spiro atoms. The van der Waals surface area contributed by atoms with Crippen LogP contribution in [0.15, 0.2) is 36.6 Å². The Morgan fingerprint density at radius 3 is 1.62 bits per heavy atom. The van der Waals surface area contributed by atoms with E-state index in [9.17, 15) is 9.59 Å². The molecule has 0 aromatic rings. The summed E-state index contributed by atoms with van der Waals surface area (Å²) in [6.45, 7) is 11.4. The van der Waals surface area contributed by atoms with Crippen LogP contribution in [-0.2, 0) is 28.6 Å². The number of hydrogen-bond donors (Lipinski definition) is 1. The van der Waals surface area contributed by atoms with E-state index in [1.165, 1.54) is 103 Å². The first-order valence-electron chi connectivity index (χ1n) is 21.7. The fourth-order valence-electron chi connectivity index (χ4n) is 6.19. The minimum absolute atomic E-state index is 0.0269. The number of carbonyl (C=O) groups excluding carboxylic acids is 2. The van der Waals surface area contributed by atoms with Crippen LogP contribution >= 0.6 is 0 Å². The molecule has 2 N–H and O–H groups in total. The molecule has 7 nitrogen and oxygen atoms in total. The summed E-state index contributed by atoms with van der Waals surface area (Å²) in [5.74, 6) is 5.42. The maximum absolute atomic E-state index is 12.7. The van der Waals surface area contributed by atoms with E-state index in [1.807, 2.05) is 0 Å². The fourth-order valence-corrected chi connectivity index (χ4v) is 6.19. The second-order valence-electron chi connectivity index (χ2n) is 14.8. The van der Waals surface area contributed by atoms with Gasteiger partial charge in [0.1, 0.15) is 6.10 Å². The van der Waals surface area contributed by atoms with Crippen molar-refractivity contribution >= 4 is 11.9 Å². The van der Waals surface area contributed by atoms with Gasteiger partial charge in [-0.1, -0.05) is 148 Å². The molecule has 0 heterocycles. The molecule has 0 saturated heterocycles. The molecule has 0 aliphatic rings. The van der Waals surface area contributed by atoms with Gasteiger partial charge in [-0.2, -0.15) is 0 Å². The zero-order chi connectivity index (χ0) is 38.2. The SMILES string of the molecule is C=C(CCCC(=O)OC(CCCCCCCC)CCCCCCCC)OCC(CON)COC(=O)CCCCCCC/C=C\C/C=C\CCCCC. The van der Waals surface area contributed by atoms with Crippen molar-refractivity contribution in [1.82, 2.24) is 0 Å². The molecule has 0 aromatic carbocycles. The Bertz CT molecular complexity index is 856. The Balaban J connectivity index is 4.17. The van der Waals surface area contributed by atoms with Crippen molar-refractivity contribution in [2.45, 2.75) is 213 Å². The summed E-state index contributed by atoms with van der Waals surface area (Å²) in [5, 5.41) is 0. The first-order valence-corrected chi connectivity index (χ1v) is 21.7. The number of carbonyl (C=O) groups is 2. The lowest BCUT2D eigenvalue weighted by Crippen LogP contribution is -2.25. The number of ether oxygens (including phenoxy) is 3. The quantitative estimate of drug-likeness (QED) is 0.0220. The van der Waals surface area contributed by atoms with E-state index >= 15 is 0 Å². The van der Waals surface area contributed by atoms with Crippen molar-refractivity contribution < 1.29 is 28.6 Å². The van der Waals surface area contributed by atoms with Crippen LogP contribution in [0.5, 0.6) is 0 Å². The van der Waals surface area contributed by atoms with Gasteiger partial charge in [0.15, 0.2) is 0 Å². The Kier molecular flexibility index (Phi) is 38.4. The molecule has 1 atom stereocenters. The predicted octanol–water partition coefficient (Wildman–Crippen LogP) is 13.0. The van der Waals surface area contributed by atoms with E-state index in [1.54, 1.807) is 0 Å². The van der Waals surface area contributed by atoms with Crippen molar-refractivity contribution in [3.63, 3.8) is 0 Å². The topological polar surface area (TPSA) is 97.1 Å². The molecule has 0 saturated carbocycles. The van der Waals surface area contributed by atoms with E-state index in [2.05, 4.69) is 51.7 Å². The molecule has 0 aliphatic heterocycles. The van der Waals surface area contributed by atoms with Crippen molar-refractivity contribution in [2.75, 3.05) is 19.8 Å². The molecule has 304 valence electrons. The average molecular weight is 734 g/mol. The first-order chi connectivity index (χ1) is 25.5. The average Bonchev–Trinajstić information content (AvgIpc) is 3.13. The third-order valence-corrected chi connectivity index (χ3v) is 9.56. The third-order valence-electron chi connectivity index (χ3n) is 9.56. The second-order valence-corrected chi connectivity index (χ2v) is 14.8. The summed E-state index contributed by atoms with van der Waals surface area (Å²) in [5.41, 5.74) is 0. The van der Waals surface area contributed by atoms with Gasteiger partial charge in [-0.15, -0.1) is 0 Å². The van der Waals surface area contributed by atoms with Crippen LogP contribution in [-0.4, -0.2) is 37.9 Å². The van der Waals surface area contributed by atoms with E-state index in [4.69, 9.17) is 24.9 Å². The molecule has 0 aliphatic carbocycles. The standard InChI is InChI=1S/C45H83NO6/c1-5-8-11-14-17-18-19-20-21-22-23-24-25-28-31-36-44(47)50-39-42(40-51-46)38-49-41(4)33-32-37-45(48)52-43(34-29-26-15-12-9-6-2)35-30-27-16-13-10-7-3/h17-18,20-21,42-43H,4-16,19,22-40,46H2,1-3H3/b18-17-,21-20-. The normalized spacial score (nSPS) is 12.2. The van der Waals surface area contributed by atoms with Crippen LogP contribution in [0.4, 0.5) is 0 Å². The number of rotatable bonds is 40. The van der Waals surface area contributed by atoms with Gasteiger partial charge >= 0.3 is 11.9 Å². The van der Waals surface area contributed by atoms with E-state index in [0.717, 1.165) is 57.8 Å². The fraction of sp³-hybridized carbons (Fsp3) is 0.822. The molecule has 0 aromatic heterocycles. The maximum Gasteiger partial charge on any atom is 0.306 e. The number of unbranched alkanes of at least 4 members (excludes halogenated alkanes) is 18. The highest BCUT2D eigenvalue weighted by Crippen LogP contribution is 2.19. The van der Waals surface area contributed by atoms with Crippen molar-refractivity contribution in [3.05, 3.63) is 36.6 Å². The Hall–Kier alpha value is -2.12. The van der Waals surface area contributed by atoms with E-state index in [0.29, 0.717) is 31.4 Å². The zero-order valence-corrected chi connectivity index (χ0v) is 34.3. The minimum atomic E-state index is -0.198. The number of hydrogen-bond acceptors (Lipinski definition) is 7. The van der Waals surface area contributed by atoms with Gasteiger partial charge in [-0.3, -0.25) is 9.59 Å². The van der Waals surface area contributed by atoms with Gasteiger partial charge in [0.25, 0.3) is 0 Å². The molecule has 7 heteroatoms. The Labute approximate surface area is 321 Å². The summed E-state index contributed by atoms with van der Waals surface area (Å²) in [6, 6.07) is 0. The number of allylic oxidation sites excluding steroid dienone is 5. The zero-order valence-electron chi connectivity index (χ0n) is 34.3. The third kappa shape index (κ3) is 36.2. The van der Waals surface area contributed by atoms with Crippen LogP contribution in [0.1, 0.15) is 207 Å². The molecule has 52 heavy (non-hydrogen) atoms. The van der Waals surface area contributed by atoms with Crippen molar-refractivity contribution in [1.29, 1.82) is 0 Å². The minimum Gasteiger partial charge on any atom is -0.498 e. The van der Waals surface area contributed by atoms with Crippen LogP contribution in [0.2, 0.25) is 0 Å². The van der Waals surface area contributed by atoms with Crippen LogP contribution in [0.25, 0.3) is 0 Å². The molecular weight excluding hydrogens is 650 g/mol. The molecule has 0 rings (SSSR count). The van der Waals surface area contributed by atoms with Gasteiger partial charge in [-0.25, -0.2) is 5.90 Å². The smallest absolute Gasteiger partial charge is 0.306 e. The summed E-state index contributed by atoms with van der Waals surface area (Å²) in [4.78, 5) is 29.9. The van der Waals surface area contributed by atoms with Crippen molar-refractivity contribution in [3.8, 4) is 0 Å². The Morgan fingerprint density at radius 1 is 0.538 bits per heavy atom. The molecule has 0 bridgehead atoms. The Morgan fingerprint density at radius 2 is 1.02 bits per heavy atom. The molecule has 0 radical (unpaired) electrons. The highest BCUT2D eigenvalue weighted by molar-refractivity contribution is 5.69. The monoisotopic (exact) mass is 734 g/mol. The lowest BCUT2D eigenvalue weighted by atomic mass is 10.0. The lowest BCUT2D eigenvalue weighted by Gasteiger charge is -2.19. The van der Waals surface area contributed by atoms with Gasteiger partial charge in [0.2, 0.25) is 0 Å². The van der Waals surface area contributed by atoms with Crippen molar-refractivity contribution in [2.24, 2.45) is 11.8 Å². The summed E-state index contributed by atoms with van der Waals surface area (Å²) < 4.78 is 17.3. The summed E-state index contributed by atoms with van der Waals surface area (Å²) >= 11 is 0. The van der Waals surface area contributed by atoms with Gasteiger partial charge in [0.05, 0.1) is 31.5 Å². The first kappa shape index (κ1) is 49.9.